The van der Waals surface area contributed by atoms with Gasteiger partial charge in [-0.1, -0.05) is 6.07 Å². The molecule has 1 aromatic heterocycles. The molecule has 0 bridgehead atoms. The number of rotatable bonds is 3. The zero-order chi connectivity index (χ0) is 17.4. The molecule has 0 spiro atoms. The molecule has 7 heteroatoms. The van der Waals surface area contributed by atoms with Crippen LogP contribution >= 0.6 is 0 Å². The van der Waals surface area contributed by atoms with Crippen LogP contribution in [0.1, 0.15) is 6.92 Å². The number of ether oxygens (including phenoxy) is 2. The van der Waals surface area contributed by atoms with Crippen molar-refractivity contribution in [3.8, 4) is 16.9 Å². The molecule has 3 heterocycles. The maximum absolute atomic E-state index is 12.3. The molecule has 1 aromatic carbocycles. The van der Waals surface area contributed by atoms with Crippen LogP contribution in [0.25, 0.3) is 11.1 Å². The Morgan fingerprint density at radius 2 is 2.08 bits per heavy atom. The molecule has 0 saturated carbocycles. The van der Waals surface area contributed by atoms with Crippen LogP contribution in [0.3, 0.4) is 0 Å². The first kappa shape index (κ1) is 15.4. The van der Waals surface area contributed by atoms with E-state index in [9.17, 15) is 9.59 Å². The molecule has 7 nitrogen and oxygen atoms in total. The van der Waals surface area contributed by atoms with Gasteiger partial charge in [-0.05, 0) is 35.4 Å². The monoisotopic (exact) mass is 339 g/mol. The van der Waals surface area contributed by atoms with Gasteiger partial charge in [0, 0.05) is 19.3 Å². The van der Waals surface area contributed by atoms with Gasteiger partial charge in [0.15, 0.2) is 0 Å². The number of amides is 2. The average molecular weight is 339 g/mol. The molecule has 4 rings (SSSR count). The van der Waals surface area contributed by atoms with Crippen molar-refractivity contribution in [3.05, 3.63) is 42.7 Å². The summed E-state index contributed by atoms with van der Waals surface area (Å²) in [6.45, 7) is 2.03. The number of fused-ring (bicyclic) bond motifs is 3. The molecule has 0 aliphatic carbocycles. The molecule has 1 saturated heterocycles. The normalized spacial score (nSPS) is 21.0. The summed E-state index contributed by atoms with van der Waals surface area (Å²) in [6, 6.07) is 9.30. The van der Waals surface area contributed by atoms with E-state index in [4.69, 9.17) is 9.47 Å². The Morgan fingerprint density at radius 3 is 2.84 bits per heavy atom. The molecule has 0 radical (unpaired) electrons. The highest BCUT2D eigenvalue weighted by Crippen LogP contribution is 2.40. The highest BCUT2D eigenvalue weighted by atomic mass is 16.6. The Labute approximate surface area is 144 Å². The third-order valence-corrected chi connectivity index (χ3v) is 4.40. The van der Waals surface area contributed by atoms with E-state index in [0.29, 0.717) is 18.0 Å². The quantitative estimate of drug-likeness (QED) is 0.925. The van der Waals surface area contributed by atoms with Crippen molar-refractivity contribution < 1.29 is 19.1 Å². The topological polar surface area (TPSA) is 80.8 Å². The summed E-state index contributed by atoms with van der Waals surface area (Å²) in [5, 5.41) is 2.69. The van der Waals surface area contributed by atoms with Crippen molar-refractivity contribution in [2.24, 2.45) is 0 Å². The molecule has 2 aromatic rings. The number of anilines is 1. The van der Waals surface area contributed by atoms with E-state index >= 15 is 0 Å². The van der Waals surface area contributed by atoms with Gasteiger partial charge in [-0.2, -0.15) is 0 Å². The van der Waals surface area contributed by atoms with E-state index in [0.717, 1.165) is 11.1 Å². The first-order chi connectivity index (χ1) is 12.1. The maximum Gasteiger partial charge on any atom is 0.415 e. The number of benzene rings is 1. The Balaban J connectivity index is 1.62. The van der Waals surface area contributed by atoms with Gasteiger partial charge in [-0.15, -0.1) is 0 Å². The highest BCUT2D eigenvalue weighted by molar-refractivity contribution is 5.94. The summed E-state index contributed by atoms with van der Waals surface area (Å²) in [5.74, 6) is 0.483. The lowest BCUT2D eigenvalue weighted by molar-refractivity contribution is -0.119. The van der Waals surface area contributed by atoms with Gasteiger partial charge in [-0.3, -0.25) is 14.7 Å². The number of nitrogens with zero attached hydrogens (tertiary/aromatic N) is 2. The number of aromatic nitrogens is 1. The fourth-order valence-corrected chi connectivity index (χ4v) is 3.18. The number of carbonyl (C=O) groups excluding carboxylic acids is 2. The van der Waals surface area contributed by atoms with Crippen molar-refractivity contribution in [2.45, 2.75) is 19.1 Å². The zero-order valence-electron chi connectivity index (χ0n) is 13.6. The van der Waals surface area contributed by atoms with E-state index in [2.05, 4.69) is 10.3 Å². The Hall–Kier alpha value is -3.09. The van der Waals surface area contributed by atoms with Crippen LogP contribution in [0.2, 0.25) is 0 Å². The standard InChI is InChI=1S/C18H17N3O4/c1-11(22)20-9-17-15-10-24-16-8-13(12-4-6-19-7-5-12)2-3-14(16)21(15)18(23)25-17/h2-8,15,17H,9-10H2,1H3,(H,20,22)/t15-,17-/m0/s1. The van der Waals surface area contributed by atoms with Gasteiger partial charge < -0.3 is 14.8 Å². The van der Waals surface area contributed by atoms with Crippen LogP contribution < -0.4 is 15.0 Å². The fourth-order valence-electron chi connectivity index (χ4n) is 3.18. The van der Waals surface area contributed by atoms with Crippen LogP contribution in [0, 0.1) is 0 Å². The summed E-state index contributed by atoms with van der Waals surface area (Å²) >= 11 is 0. The first-order valence-corrected chi connectivity index (χ1v) is 8.05. The Kier molecular flexibility index (Phi) is 3.76. The summed E-state index contributed by atoms with van der Waals surface area (Å²) in [7, 11) is 0. The molecule has 2 aliphatic rings. The van der Waals surface area contributed by atoms with Gasteiger partial charge in [0.1, 0.15) is 24.5 Å². The molecule has 128 valence electrons. The zero-order valence-corrected chi connectivity index (χ0v) is 13.6. The molecule has 1 fully saturated rings. The number of nitrogens with one attached hydrogen (secondary N) is 1. The predicted octanol–water partition coefficient (Wildman–Crippen LogP) is 1.97. The lowest BCUT2D eigenvalue weighted by atomic mass is 10.0. The van der Waals surface area contributed by atoms with E-state index in [1.54, 1.807) is 17.3 Å². The highest BCUT2D eigenvalue weighted by Gasteiger charge is 2.46. The summed E-state index contributed by atoms with van der Waals surface area (Å²) in [4.78, 5) is 29.1. The van der Waals surface area contributed by atoms with Crippen LogP contribution in [-0.4, -0.2) is 42.3 Å². The molecule has 2 atom stereocenters. The molecule has 25 heavy (non-hydrogen) atoms. The fraction of sp³-hybridized carbons (Fsp3) is 0.278. The molecule has 0 unspecified atom stereocenters. The third-order valence-electron chi connectivity index (χ3n) is 4.40. The Bertz CT molecular complexity index is 824. The molecule has 1 N–H and O–H groups in total. The smallest absolute Gasteiger partial charge is 0.415 e. The first-order valence-electron chi connectivity index (χ1n) is 8.05. The molecule has 2 amide bonds. The SMILES string of the molecule is CC(=O)NC[C@@H]1OC(=O)N2c3ccc(-c4ccncc4)cc3OC[C@@H]12. The van der Waals surface area contributed by atoms with Gasteiger partial charge in [-0.25, -0.2) is 4.79 Å². The predicted molar refractivity (Wildman–Crippen MR) is 90.4 cm³/mol. The number of carbonyl (C=O) groups is 2. The van der Waals surface area contributed by atoms with Gasteiger partial charge >= 0.3 is 6.09 Å². The van der Waals surface area contributed by atoms with Crippen molar-refractivity contribution >= 4 is 17.7 Å². The second-order valence-corrected chi connectivity index (χ2v) is 6.03. The van der Waals surface area contributed by atoms with Crippen LogP contribution in [0.4, 0.5) is 10.5 Å². The molecule has 2 aliphatic heterocycles. The number of cyclic esters (lactones) is 1. The summed E-state index contributed by atoms with van der Waals surface area (Å²) < 4.78 is 11.3. The van der Waals surface area contributed by atoms with Gasteiger partial charge in [0.25, 0.3) is 0 Å². The number of hydrogen-bond acceptors (Lipinski definition) is 5. The third kappa shape index (κ3) is 2.77. The van der Waals surface area contributed by atoms with E-state index in [1.807, 2.05) is 30.3 Å². The van der Waals surface area contributed by atoms with Crippen molar-refractivity contribution in [1.82, 2.24) is 10.3 Å². The van der Waals surface area contributed by atoms with Crippen LogP contribution in [0.15, 0.2) is 42.7 Å². The molecular weight excluding hydrogens is 322 g/mol. The maximum atomic E-state index is 12.3. The largest absolute Gasteiger partial charge is 0.489 e. The average Bonchev–Trinajstić information content (AvgIpc) is 2.96. The minimum atomic E-state index is -0.426. The van der Waals surface area contributed by atoms with Crippen molar-refractivity contribution in [1.29, 1.82) is 0 Å². The van der Waals surface area contributed by atoms with E-state index in [1.165, 1.54) is 6.92 Å². The number of hydrogen-bond donors (Lipinski definition) is 1. The van der Waals surface area contributed by atoms with Gasteiger partial charge in [0.05, 0.1) is 12.2 Å². The Morgan fingerprint density at radius 1 is 1.28 bits per heavy atom. The van der Waals surface area contributed by atoms with E-state index < -0.39 is 12.2 Å². The van der Waals surface area contributed by atoms with Crippen molar-refractivity contribution in [2.75, 3.05) is 18.1 Å². The lowest BCUT2D eigenvalue weighted by Crippen LogP contribution is -2.47. The second-order valence-electron chi connectivity index (χ2n) is 6.03. The van der Waals surface area contributed by atoms with E-state index in [-0.39, 0.29) is 18.5 Å². The number of pyridine rings is 1. The minimum absolute atomic E-state index is 0.159. The van der Waals surface area contributed by atoms with Gasteiger partial charge in [0.2, 0.25) is 5.91 Å². The summed E-state index contributed by atoms with van der Waals surface area (Å²) in [5.41, 5.74) is 2.70. The molecular formula is C18H17N3O4. The van der Waals surface area contributed by atoms with Crippen LogP contribution in [-0.2, 0) is 9.53 Å². The second kappa shape index (κ2) is 6.08. The summed E-state index contributed by atoms with van der Waals surface area (Å²) in [6.07, 6.45) is 2.62. The van der Waals surface area contributed by atoms with Crippen LogP contribution in [0.5, 0.6) is 5.75 Å². The lowest BCUT2D eigenvalue weighted by Gasteiger charge is -2.31. The van der Waals surface area contributed by atoms with Crippen molar-refractivity contribution in [3.63, 3.8) is 0 Å². The minimum Gasteiger partial charge on any atom is -0.489 e.